The van der Waals surface area contributed by atoms with Crippen LogP contribution in [0.2, 0.25) is 0 Å². The van der Waals surface area contributed by atoms with Crippen LogP contribution in [0, 0.1) is 35.0 Å². The second-order valence-electron chi connectivity index (χ2n) is 12.7. The Morgan fingerprint density at radius 3 is 2.31 bits per heavy atom. The highest BCUT2D eigenvalue weighted by Crippen LogP contribution is 2.43. The van der Waals surface area contributed by atoms with Crippen LogP contribution in [0.15, 0.2) is 82.5 Å². The highest BCUT2D eigenvalue weighted by molar-refractivity contribution is 5.54. The molecular weight excluding hydrogens is 422 g/mol. The third kappa shape index (κ3) is 5.31. The van der Waals surface area contributed by atoms with Gasteiger partial charge in [0.2, 0.25) is 0 Å². The molecule has 2 N–H and O–H groups in total. The van der Waals surface area contributed by atoms with E-state index < -0.39 is 0 Å². The molecule has 0 heterocycles. The molecule has 6 bridgehead atoms. The minimum absolute atomic E-state index is 0.277. The summed E-state index contributed by atoms with van der Waals surface area (Å²) in [6.45, 7) is 9.50. The van der Waals surface area contributed by atoms with Crippen molar-refractivity contribution in [3.05, 3.63) is 82.5 Å². The summed E-state index contributed by atoms with van der Waals surface area (Å²) in [5.74, 6) is 3.19. The van der Waals surface area contributed by atoms with E-state index in [-0.39, 0.29) is 5.41 Å². The highest BCUT2D eigenvalue weighted by atomic mass is 14.6. The summed E-state index contributed by atoms with van der Waals surface area (Å²) in [6, 6.07) is 0.350. The fourth-order valence-electron chi connectivity index (χ4n) is 6.89. The Morgan fingerprint density at radius 2 is 1.66 bits per heavy atom. The Balaban J connectivity index is 1.44. The Labute approximate surface area is 214 Å². The van der Waals surface area contributed by atoms with Crippen molar-refractivity contribution >= 4 is 0 Å². The second-order valence-corrected chi connectivity index (χ2v) is 12.7. The molecule has 0 aromatic rings. The van der Waals surface area contributed by atoms with Gasteiger partial charge in [-0.15, -0.1) is 0 Å². The topological polar surface area (TPSA) is 26.0 Å². The van der Waals surface area contributed by atoms with Gasteiger partial charge < -0.3 is 5.73 Å². The van der Waals surface area contributed by atoms with E-state index in [2.05, 4.69) is 82.4 Å². The standard InChI is InChI=1S/C34H47N/c1-5-34(3,4)32-17-15-27(16-18-32)31-21-29-20-30(22-31)26-11-13-28(14-12-26)33(35)19-6-23(2)24-7-9-25(29)10-8-24/h7,9-11,15,17-18,20-21,23-24,27-28,31,33H,5-6,8,12-14,16,19,22,35H2,1-4H3. The van der Waals surface area contributed by atoms with Crippen LogP contribution in [0.4, 0.5) is 0 Å². The zero-order valence-corrected chi connectivity index (χ0v) is 22.6. The summed E-state index contributed by atoms with van der Waals surface area (Å²) in [5, 5.41) is 0. The van der Waals surface area contributed by atoms with Gasteiger partial charge in [0.1, 0.15) is 0 Å². The van der Waals surface area contributed by atoms with E-state index in [1.165, 1.54) is 68.1 Å². The molecule has 6 unspecified atom stereocenters. The van der Waals surface area contributed by atoms with Crippen LogP contribution in [-0.2, 0) is 0 Å². The van der Waals surface area contributed by atoms with Crippen molar-refractivity contribution in [3.63, 3.8) is 0 Å². The molecule has 8 rings (SSSR count). The van der Waals surface area contributed by atoms with E-state index in [1.807, 2.05) is 0 Å². The van der Waals surface area contributed by atoms with Crippen molar-refractivity contribution in [2.75, 3.05) is 0 Å². The number of nitrogens with two attached hydrogens (primary N) is 1. The van der Waals surface area contributed by atoms with Crippen LogP contribution in [0.1, 0.15) is 85.5 Å². The molecule has 0 spiro atoms. The summed E-state index contributed by atoms with van der Waals surface area (Å²) in [7, 11) is 0. The van der Waals surface area contributed by atoms with Gasteiger partial charge in [0.15, 0.2) is 0 Å². The summed E-state index contributed by atoms with van der Waals surface area (Å²) >= 11 is 0. The molecule has 1 heteroatoms. The maximum absolute atomic E-state index is 6.73. The van der Waals surface area contributed by atoms with Gasteiger partial charge in [-0.3, -0.25) is 0 Å². The average Bonchev–Trinajstić information content (AvgIpc) is 2.91. The monoisotopic (exact) mass is 469 g/mol. The van der Waals surface area contributed by atoms with Crippen LogP contribution < -0.4 is 5.73 Å². The summed E-state index contributed by atoms with van der Waals surface area (Å²) in [5.41, 5.74) is 14.6. The quantitative estimate of drug-likeness (QED) is 0.439. The maximum Gasteiger partial charge on any atom is 0.00703 e. The molecule has 0 aliphatic heterocycles. The van der Waals surface area contributed by atoms with Crippen molar-refractivity contribution < 1.29 is 0 Å². The lowest BCUT2D eigenvalue weighted by molar-refractivity contribution is 0.317. The van der Waals surface area contributed by atoms with Crippen LogP contribution in [0.5, 0.6) is 0 Å². The first kappa shape index (κ1) is 24.8. The maximum atomic E-state index is 6.73. The zero-order valence-electron chi connectivity index (χ0n) is 22.6. The normalized spacial score (nSPS) is 35.4. The van der Waals surface area contributed by atoms with Crippen LogP contribution in [0.3, 0.4) is 0 Å². The van der Waals surface area contributed by atoms with Crippen molar-refractivity contribution in [3.8, 4) is 0 Å². The highest BCUT2D eigenvalue weighted by Gasteiger charge is 2.30. The van der Waals surface area contributed by atoms with Gasteiger partial charge in [0, 0.05) is 6.04 Å². The summed E-state index contributed by atoms with van der Waals surface area (Å²) < 4.78 is 0. The number of rotatable bonds is 3. The molecule has 8 aliphatic carbocycles. The lowest BCUT2D eigenvalue weighted by Crippen LogP contribution is -2.32. The lowest BCUT2D eigenvalue weighted by atomic mass is 9.71. The Kier molecular flexibility index (Phi) is 7.27. The molecule has 0 amide bonds. The minimum Gasteiger partial charge on any atom is -0.327 e. The van der Waals surface area contributed by atoms with E-state index >= 15 is 0 Å². The third-order valence-corrected chi connectivity index (χ3v) is 10.1. The predicted octanol–water partition coefficient (Wildman–Crippen LogP) is 8.78. The first-order valence-electron chi connectivity index (χ1n) is 14.5. The zero-order chi connectivity index (χ0) is 24.6. The van der Waals surface area contributed by atoms with Gasteiger partial charge in [-0.2, -0.15) is 0 Å². The van der Waals surface area contributed by atoms with Crippen molar-refractivity contribution in [2.24, 2.45) is 40.7 Å². The van der Waals surface area contributed by atoms with E-state index in [0.717, 1.165) is 6.42 Å². The largest absolute Gasteiger partial charge is 0.327 e. The Morgan fingerprint density at radius 1 is 0.857 bits per heavy atom. The van der Waals surface area contributed by atoms with Gasteiger partial charge in [-0.25, -0.2) is 0 Å². The Hall–Kier alpha value is -1.86. The van der Waals surface area contributed by atoms with Gasteiger partial charge >= 0.3 is 0 Å². The van der Waals surface area contributed by atoms with Gasteiger partial charge in [-0.05, 0) is 121 Å². The molecule has 0 aromatic carbocycles. The molecule has 0 saturated heterocycles. The number of hydrogen-bond acceptors (Lipinski definition) is 1. The molecule has 0 aromatic heterocycles. The molecule has 6 atom stereocenters. The van der Waals surface area contributed by atoms with Crippen LogP contribution >= 0.6 is 0 Å². The Bertz CT molecular complexity index is 1020. The van der Waals surface area contributed by atoms with Gasteiger partial charge in [0.25, 0.3) is 0 Å². The number of hydrogen-bond donors (Lipinski definition) is 1. The van der Waals surface area contributed by atoms with E-state index in [0.29, 0.717) is 35.6 Å². The van der Waals surface area contributed by atoms with Crippen molar-refractivity contribution in [2.45, 2.75) is 91.5 Å². The van der Waals surface area contributed by atoms with Crippen LogP contribution in [-0.4, -0.2) is 6.04 Å². The molecule has 0 radical (unpaired) electrons. The minimum atomic E-state index is 0.277. The molecule has 8 aliphatic rings. The molecular formula is C34H47N. The van der Waals surface area contributed by atoms with Crippen molar-refractivity contribution in [1.82, 2.24) is 0 Å². The first-order valence-corrected chi connectivity index (χ1v) is 14.5. The van der Waals surface area contributed by atoms with Crippen LogP contribution in [0.25, 0.3) is 0 Å². The summed E-state index contributed by atoms with van der Waals surface area (Å²) in [6.07, 6.45) is 33.4. The fourth-order valence-corrected chi connectivity index (χ4v) is 6.89. The van der Waals surface area contributed by atoms with Crippen molar-refractivity contribution in [1.29, 1.82) is 0 Å². The molecule has 188 valence electrons. The first-order chi connectivity index (χ1) is 16.8. The summed E-state index contributed by atoms with van der Waals surface area (Å²) in [4.78, 5) is 0. The molecule has 35 heavy (non-hydrogen) atoms. The SMILES string of the molecule is CCC(C)(C)C1=CCC(C2C=C3C=C(C2)C2=CCC(CC2)C(N)CCC(C)C2C=CC3=CC2)C=C1. The third-order valence-electron chi connectivity index (χ3n) is 10.1. The average molecular weight is 470 g/mol. The van der Waals surface area contributed by atoms with E-state index in [4.69, 9.17) is 5.73 Å². The number of allylic oxidation sites excluding steroid dienone is 14. The predicted molar refractivity (Wildman–Crippen MR) is 151 cm³/mol. The van der Waals surface area contributed by atoms with E-state index in [9.17, 15) is 0 Å². The molecule has 1 nitrogen and oxygen atoms in total. The second kappa shape index (κ2) is 10.3. The van der Waals surface area contributed by atoms with E-state index in [1.54, 1.807) is 11.1 Å². The lowest BCUT2D eigenvalue weighted by Gasteiger charge is -2.34. The van der Waals surface area contributed by atoms with Gasteiger partial charge in [-0.1, -0.05) is 82.4 Å². The van der Waals surface area contributed by atoms with Gasteiger partial charge in [0.05, 0.1) is 0 Å². The molecule has 0 fully saturated rings. The fraction of sp³-hybridized carbons (Fsp3) is 0.588. The smallest absolute Gasteiger partial charge is 0.00703 e. The molecule has 0 saturated carbocycles.